The van der Waals surface area contributed by atoms with Crippen LogP contribution in [-0.2, 0) is 11.1 Å². The summed E-state index contributed by atoms with van der Waals surface area (Å²) in [4.78, 5) is 0. The summed E-state index contributed by atoms with van der Waals surface area (Å²) < 4.78 is 0. The van der Waals surface area contributed by atoms with Gasteiger partial charge in [-0.15, -0.1) is 0 Å². The average Bonchev–Trinajstić information content (AvgIpc) is 3.11. The first-order valence-corrected chi connectivity index (χ1v) is 17.7. The van der Waals surface area contributed by atoms with Crippen LogP contribution in [0.3, 0.4) is 0 Å². The van der Waals surface area contributed by atoms with Gasteiger partial charge in [-0.1, -0.05) is 182 Å². The Morgan fingerprint density at radius 2 is 0.523 bits per heavy atom. The van der Waals surface area contributed by atoms with E-state index >= 15 is 0 Å². The lowest BCUT2D eigenvalue weighted by atomic mass is 9.72. The van der Waals surface area contributed by atoms with E-state index in [4.69, 9.17) is 0 Å². The first-order chi connectivity index (χ1) is 21.6. The smallest absolute Gasteiger partial charge is 0.0670 e. The van der Waals surface area contributed by atoms with Crippen LogP contribution in [0, 0.1) is 0 Å². The molecule has 6 aromatic rings. The van der Waals surface area contributed by atoms with Crippen molar-refractivity contribution in [1.29, 1.82) is 0 Å². The normalized spacial score (nSPS) is 14.2. The molecule has 0 aliphatic heterocycles. The summed E-state index contributed by atoms with van der Waals surface area (Å²) in [6.45, 7) is 4.76. The van der Waals surface area contributed by atoms with Crippen molar-refractivity contribution in [3.8, 4) is 0 Å². The van der Waals surface area contributed by atoms with Gasteiger partial charge in [-0.25, -0.2) is 0 Å². The second kappa shape index (κ2) is 13.8. The molecule has 2 unspecified atom stereocenters. The van der Waals surface area contributed by atoms with E-state index in [1.54, 1.807) is 0 Å². The number of rotatable bonds is 11. The molecule has 0 heterocycles. The summed E-state index contributed by atoms with van der Waals surface area (Å²) in [6.07, 6.45) is 0. The first-order valence-electron chi connectivity index (χ1n) is 15.1. The third-order valence-corrected chi connectivity index (χ3v) is 13.0. The van der Waals surface area contributed by atoms with Gasteiger partial charge in [0.15, 0.2) is 0 Å². The standard InChI is InChI=1S/C40H38N2P2/c1-39(33-21-9-3-10-22-33,41-43(35-25-13-5-14-26-35)36-27-15-6-16-28-36)40(2,34-23-11-4-12-24-34)42-44(37-29-17-7-18-30-37)38-31-19-8-20-32-38/h3-32,41-42H,1-2H3. The van der Waals surface area contributed by atoms with Crippen molar-refractivity contribution in [2.75, 3.05) is 0 Å². The second-order valence-electron chi connectivity index (χ2n) is 11.2. The highest BCUT2D eigenvalue weighted by Crippen LogP contribution is 2.49. The van der Waals surface area contributed by atoms with Gasteiger partial charge in [-0.2, -0.15) is 0 Å². The van der Waals surface area contributed by atoms with E-state index in [1.807, 2.05) is 0 Å². The molecule has 44 heavy (non-hydrogen) atoms. The summed E-state index contributed by atoms with van der Waals surface area (Å²) >= 11 is 0. The summed E-state index contributed by atoms with van der Waals surface area (Å²) in [5.41, 5.74) is 1.37. The molecule has 0 spiro atoms. The SMILES string of the molecule is CC(NP(c1ccccc1)c1ccccc1)(c1ccccc1)C(C)(NP(c1ccccc1)c1ccccc1)c1ccccc1. The maximum Gasteiger partial charge on any atom is 0.0670 e. The van der Waals surface area contributed by atoms with Crippen molar-refractivity contribution < 1.29 is 0 Å². The van der Waals surface area contributed by atoms with Crippen LogP contribution in [-0.4, -0.2) is 0 Å². The van der Waals surface area contributed by atoms with E-state index in [2.05, 4.69) is 206 Å². The topological polar surface area (TPSA) is 24.1 Å². The monoisotopic (exact) mass is 608 g/mol. The lowest BCUT2D eigenvalue weighted by Gasteiger charge is -2.51. The highest BCUT2D eigenvalue weighted by atomic mass is 31.1. The molecule has 2 nitrogen and oxygen atoms in total. The van der Waals surface area contributed by atoms with Crippen molar-refractivity contribution in [1.82, 2.24) is 10.2 Å². The first kappa shape index (κ1) is 30.1. The molecule has 0 saturated carbocycles. The Hall–Kier alpha value is -3.90. The third kappa shape index (κ3) is 6.32. The van der Waals surface area contributed by atoms with Crippen molar-refractivity contribution in [3.05, 3.63) is 193 Å². The zero-order chi connectivity index (χ0) is 30.2. The molecule has 218 valence electrons. The maximum atomic E-state index is 4.34. The van der Waals surface area contributed by atoms with Crippen LogP contribution in [0.4, 0.5) is 0 Å². The molecule has 0 radical (unpaired) electrons. The van der Waals surface area contributed by atoms with Crippen LogP contribution in [0.2, 0.25) is 0 Å². The Bertz CT molecular complexity index is 1510. The van der Waals surface area contributed by atoms with Crippen molar-refractivity contribution in [2.45, 2.75) is 24.9 Å². The molecular weight excluding hydrogens is 570 g/mol. The van der Waals surface area contributed by atoms with E-state index in [9.17, 15) is 0 Å². The Morgan fingerprint density at radius 3 is 0.750 bits per heavy atom. The minimum Gasteiger partial charge on any atom is -0.277 e. The van der Waals surface area contributed by atoms with Crippen LogP contribution in [0.1, 0.15) is 25.0 Å². The van der Waals surface area contributed by atoms with Gasteiger partial charge >= 0.3 is 0 Å². The van der Waals surface area contributed by atoms with E-state index in [-0.39, 0.29) is 0 Å². The lowest BCUT2D eigenvalue weighted by Crippen LogP contribution is -2.61. The van der Waals surface area contributed by atoms with Gasteiger partial charge in [-0.3, -0.25) is 10.2 Å². The fourth-order valence-corrected chi connectivity index (χ4v) is 10.4. The molecule has 6 aromatic carbocycles. The summed E-state index contributed by atoms with van der Waals surface area (Å²) in [6, 6.07) is 65.5. The molecule has 0 aromatic heterocycles. The van der Waals surface area contributed by atoms with E-state index in [0.29, 0.717) is 0 Å². The average molecular weight is 609 g/mol. The predicted octanol–water partition coefficient (Wildman–Crippen LogP) is 8.09. The van der Waals surface area contributed by atoms with Gasteiger partial charge in [-0.05, 0) is 46.2 Å². The minimum absolute atomic E-state index is 0.545. The van der Waals surface area contributed by atoms with Gasteiger partial charge in [0.05, 0.1) is 11.1 Å². The molecule has 0 saturated heterocycles. The Kier molecular flexibility index (Phi) is 9.46. The van der Waals surface area contributed by atoms with Gasteiger partial charge < -0.3 is 0 Å². The van der Waals surface area contributed by atoms with Crippen LogP contribution in [0.5, 0.6) is 0 Å². The third-order valence-electron chi connectivity index (χ3n) is 8.43. The molecule has 2 N–H and O–H groups in total. The summed E-state index contributed by atoms with van der Waals surface area (Å²) in [7, 11) is -1.87. The number of hydrogen-bond acceptors (Lipinski definition) is 2. The van der Waals surface area contributed by atoms with E-state index in [1.165, 1.54) is 32.3 Å². The van der Waals surface area contributed by atoms with Gasteiger partial charge in [0, 0.05) is 16.1 Å². The quantitative estimate of drug-likeness (QED) is 0.145. The van der Waals surface area contributed by atoms with Crippen LogP contribution in [0.25, 0.3) is 0 Å². The van der Waals surface area contributed by atoms with Crippen LogP contribution < -0.4 is 31.4 Å². The lowest BCUT2D eigenvalue weighted by molar-refractivity contribution is 0.225. The molecular formula is C40H38N2P2. The largest absolute Gasteiger partial charge is 0.277 e. The van der Waals surface area contributed by atoms with Gasteiger partial charge in [0.2, 0.25) is 0 Å². The highest BCUT2D eigenvalue weighted by molar-refractivity contribution is 7.71. The van der Waals surface area contributed by atoms with Crippen LogP contribution >= 0.6 is 16.1 Å². The highest BCUT2D eigenvalue weighted by Gasteiger charge is 2.49. The summed E-state index contributed by atoms with van der Waals surface area (Å²) in [5.74, 6) is 0. The fraction of sp³-hybridized carbons (Fsp3) is 0.100. The Morgan fingerprint density at radius 1 is 0.318 bits per heavy atom. The molecule has 0 aliphatic rings. The van der Waals surface area contributed by atoms with Crippen molar-refractivity contribution in [3.63, 3.8) is 0 Å². The van der Waals surface area contributed by atoms with Crippen molar-refractivity contribution >= 4 is 37.4 Å². The van der Waals surface area contributed by atoms with Gasteiger partial charge in [0.25, 0.3) is 0 Å². The van der Waals surface area contributed by atoms with E-state index in [0.717, 1.165) is 0 Å². The minimum atomic E-state index is -0.933. The molecule has 0 aliphatic carbocycles. The molecule has 6 rings (SSSR count). The summed E-state index contributed by atoms with van der Waals surface area (Å²) in [5, 5.41) is 13.8. The zero-order valence-corrected chi connectivity index (χ0v) is 27.0. The predicted molar refractivity (Wildman–Crippen MR) is 192 cm³/mol. The number of benzene rings is 6. The molecule has 2 atom stereocenters. The zero-order valence-electron chi connectivity index (χ0n) is 25.2. The molecule has 0 amide bonds. The van der Waals surface area contributed by atoms with Crippen LogP contribution in [0.15, 0.2) is 182 Å². The molecule has 4 heteroatoms. The fourth-order valence-electron chi connectivity index (χ4n) is 5.78. The molecule has 0 bridgehead atoms. The maximum absolute atomic E-state index is 4.34. The van der Waals surface area contributed by atoms with E-state index < -0.39 is 27.2 Å². The second-order valence-corrected chi connectivity index (χ2v) is 15.1. The molecule has 0 fully saturated rings. The van der Waals surface area contributed by atoms with Gasteiger partial charge in [0.1, 0.15) is 0 Å². The Balaban J connectivity index is 1.58. The number of nitrogens with one attached hydrogen (secondary N) is 2. The Labute approximate surface area is 264 Å². The number of hydrogen-bond donors (Lipinski definition) is 2. The van der Waals surface area contributed by atoms with Crippen molar-refractivity contribution in [2.24, 2.45) is 0 Å².